The minimum Gasteiger partial charge on any atom is -0.266 e. The van der Waals surface area contributed by atoms with E-state index in [0.29, 0.717) is 17.4 Å². The number of aromatic nitrogens is 2. The molecule has 142 valence electrons. The van der Waals surface area contributed by atoms with Gasteiger partial charge < -0.3 is 0 Å². The number of nitrogens with zero attached hydrogens (tertiary/aromatic N) is 5. The first-order chi connectivity index (χ1) is 13.5. The first-order valence-corrected chi connectivity index (χ1v) is 9.39. The highest BCUT2D eigenvalue weighted by Gasteiger charge is 2.24. The van der Waals surface area contributed by atoms with Crippen molar-refractivity contribution >= 4 is 40.1 Å². The lowest BCUT2D eigenvalue weighted by atomic mass is 10.2. The van der Waals surface area contributed by atoms with Crippen LogP contribution in [0.4, 0.5) is 5.69 Å². The number of rotatable bonds is 5. The Morgan fingerprint density at radius 2 is 1.86 bits per heavy atom. The van der Waals surface area contributed by atoms with E-state index in [1.165, 1.54) is 12.1 Å². The predicted octanol–water partition coefficient (Wildman–Crippen LogP) is 3.02. The zero-order chi connectivity index (χ0) is 19.7. The molecule has 1 aromatic heterocycles. The highest BCUT2D eigenvalue weighted by Crippen LogP contribution is 2.23. The van der Waals surface area contributed by atoms with E-state index in [1.54, 1.807) is 28.0 Å². The third kappa shape index (κ3) is 3.59. The largest absolute Gasteiger partial charge is 0.269 e. The molecule has 0 spiro atoms. The molecule has 0 atom stereocenters. The predicted molar refractivity (Wildman–Crippen MR) is 110 cm³/mol. The van der Waals surface area contributed by atoms with Crippen molar-refractivity contribution in [3.8, 4) is 5.69 Å². The van der Waals surface area contributed by atoms with E-state index in [0.717, 1.165) is 21.3 Å². The van der Waals surface area contributed by atoms with Gasteiger partial charge in [-0.25, -0.2) is 10.2 Å². The maximum absolute atomic E-state index is 10.8. The van der Waals surface area contributed by atoms with Crippen LogP contribution in [-0.4, -0.2) is 25.5 Å². The van der Waals surface area contributed by atoms with Gasteiger partial charge in [0.2, 0.25) is 0 Å². The lowest BCUT2D eigenvalue weighted by molar-refractivity contribution is -0.384. The summed E-state index contributed by atoms with van der Waals surface area (Å²) in [7, 11) is 0. The van der Waals surface area contributed by atoms with Crippen molar-refractivity contribution in [1.82, 2.24) is 25.9 Å². The van der Waals surface area contributed by atoms with Crippen molar-refractivity contribution in [2.45, 2.75) is 11.6 Å². The average Bonchev–Trinajstić information content (AvgIpc) is 3.29. The summed E-state index contributed by atoms with van der Waals surface area (Å²) in [5.41, 5.74) is 8.23. The molecule has 1 aliphatic rings. The molecule has 0 saturated heterocycles. The molecule has 4 rings (SSSR count). The van der Waals surface area contributed by atoms with Gasteiger partial charge in [-0.2, -0.15) is 5.10 Å². The van der Waals surface area contributed by atoms with E-state index >= 15 is 0 Å². The summed E-state index contributed by atoms with van der Waals surface area (Å²) < 4.78 is 2.70. The molecule has 1 aliphatic heterocycles. The Hall–Kier alpha value is -2.89. The fraction of sp³-hybridized carbons (Fsp3) is 0.0588. The number of halogens is 1. The number of hydrazone groups is 1. The summed E-state index contributed by atoms with van der Waals surface area (Å²) in [5.74, 6) is 0.617. The molecule has 2 N–H and O–H groups in total. The van der Waals surface area contributed by atoms with Crippen LogP contribution in [0, 0.1) is 10.1 Å². The van der Waals surface area contributed by atoms with E-state index in [4.69, 9.17) is 0 Å². The second-order valence-electron chi connectivity index (χ2n) is 5.94. The standard InChI is InChI=1S/C17H14BrN7O2S/c18-12-3-7-13(8-4-12)24-17(28)15(9-19-24)16-20-21-22-23(16)10-11-1-5-14(6-2-11)25(26)27/h1-9,21-22,28H,10H2. The maximum Gasteiger partial charge on any atom is 0.269 e. The number of hydrogen-bond acceptors (Lipinski definition) is 8. The van der Waals surface area contributed by atoms with E-state index in [-0.39, 0.29) is 5.69 Å². The van der Waals surface area contributed by atoms with Gasteiger partial charge in [0, 0.05) is 16.6 Å². The monoisotopic (exact) mass is 459 g/mol. The van der Waals surface area contributed by atoms with Gasteiger partial charge in [-0.05, 0) is 29.8 Å². The van der Waals surface area contributed by atoms with Crippen LogP contribution in [0.5, 0.6) is 0 Å². The second kappa shape index (κ2) is 7.62. The minimum absolute atomic E-state index is 0.0542. The van der Waals surface area contributed by atoms with Crippen molar-refractivity contribution in [3.63, 3.8) is 0 Å². The number of non-ortho nitro benzene ring substituents is 1. The molecule has 0 saturated carbocycles. The second-order valence-corrected chi connectivity index (χ2v) is 7.28. The van der Waals surface area contributed by atoms with Crippen molar-refractivity contribution in [2.24, 2.45) is 5.10 Å². The molecular formula is C17H14BrN7O2S. The van der Waals surface area contributed by atoms with Crippen LogP contribution >= 0.6 is 28.6 Å². The van der Waals surface area contributed by atoms with Crippen molar-refractivity contribution in [3.05, 3.63) is 80.4 Å². The summed E-state index contributed by atoms with van der Waals surface area (Å²) in [6.07, 6.45) is 1.70. The third-order valence-corrected chi connectivity index (χ3v) is 5.11. The fourth-order valence-electron chi connectivity index (χ4n) is 2.75. The highest BCUT2D eigenvalue weighted by molar-refractivity contribution is 9.10. The summed E-state index contributed by atoms with van der Waals surface area (Å²) in [6, 6.07) is 14.1. The van der Waals surface area contributed by atoms with Gasteiger partial charge in [-0.3, -0.25) is 15.1 Å². The lowest BCUT2D eigenvalue weighted by Gasteiger charge is -2.18. The van der Waals surface area contributed by atoms with Gasteiger partial charge in [0.25, 0.3) is 5.69 Å². The molecule has 28 heavy (non-hydrogen) atoms. The van der Waals surface area contributed by atoms with Gasteiger partial charge in [0.15, 0.2) is 5.84 Å². The Morgan fingerprint density at radius 3 is 2.54 bits per heavy atom. The summed E-state index contributed by atoms with van der Waals surface area (Å²) in [4.78, 5) is 10.4. The molecule has 11 heteroatoms. The number of amidine groups is 1. The summed E-state index contributed by atoms with van der Waals surface area (Å²) in [6.45, 7) is 0.445. The van der Waals surface area contributed by atoms with Crippen molar-refractivity contribution in [2.75, 3.05) is 0 Å². The van der Waals surface area contributed by atoms with Crippen LogP contribution in [-0.2, 0) is 6.54 Å². The van der Waals surface area contributed by atoms with E-state index in [1.807, 2.05) is 24.3 Å². The average molecular weight is 460 g/mol. The minimum atomic E-state index is -0.421. The number of thiol groups is 1. The van der Waals surface area contributed by atoms with Gasteiger partial charge in [-0.1, -0.05) is 28.1 Å². The first kappa shape index (κ1) is 18.5. The zero-order valence-electron chi connectivity index (χ0n) is 14.3. The number of nitrogens with one attached hydrogen (secondary N) is 2. The molecule has 0 bridgehead atoms. The van der Waals surface area contributed by atoms with Gasteiger partial charge in [-0.15, -0.1) is 23.3 Å². The Balaban J connectivity index is 1.57. The molecule has 0 unspecified atom stereocenters. The van der Waals surface area contributed by atoms with E-state index in [9.17, 15) is 10.1 Å². The zero-order valence-corrected chi connectivity index (χ0v) is 16.8. The van der Waals surface area contributed by atoms with Crippen molar-refractivity contribution < 1.29 is 4.92 Å². The molecule has 0 fully saturated rings. The van der Waals surface area contributed by atoms with Crippen LogP contribution in [0.25, 0.3) is 5.69 Å². The highest BCUT2D eigenvalue weighted by atomic mass is 79.9. The number of nitro benzene ring substituents is 1. The molecule has 2 aromatic carbocycles. The van der Waals surface area contributed by atoms with Crippen LogP contribution in [0.15, 0.2) is 69.3 Å². The molecule has 3 aromatic rings. The topological polar surface area (TPSA) is 101 Å². The number of benzene rings is 2. The number of hydrogen-bond donors (Lipinski definition) is 3. The molecule has 0 radical (unpaired) electrons. The maximum atomic E-state index is 10.8. The number of nitro groups is 1. The Labute approximate surface area is 173 Å². The van der Waals surface area contributed by atoms with Crippen LogP contribution in [0.3, 0.4) is 0 Å². The third-order valence-electron chi connectivity index (χ3n) is 4.15. The molecule has 0 aliphatic carbocycles. The van der Waals surface area contributed by atoms with Crippen LogP contribution in [0.1, 0.15) is 11.1 Å². The van der Waals surface area contributed by atoms with E-state index < -0.39 is 4.92 Å². The fourth-order valence-corrected chi connectivity index (χ4v) is 3.34. The Morgan fingerprint density at radius 1 is 1.14 bits per heavy atom. The van der Waals surface area contributed by atoms with Gasteiger partial charge in [0.05, 0.1) is 28.9 Å². The normalized spacial score (nSPS) is 13.4. The molecule has 2 heterocycles. The molecule has 0 amide bonds. The first-order valence-electron chi connectivity index (χ1n) is 8.15. The quantitative estimate of drug-likeness (QED) is 0.308. The van der Waals surface area contributed by atoms with E-state index in [2.05, 4.69) is 49.8 Å². The summed E-state index contributed by atoms with van der Waals surface area (Å²) >= 11 is 8.05. The SMILES string of the molecule is O=[N+]([O-])c1ccc(CN2NNN=C2c2cnn(-c3ccc(Br)cc3)c2S)cc1. The Bertz CT molecular complexity index is 1050. The van der Waals surface area contributed by atoms with Gasteiger partial charge >= 0.3 is 0 Å². The lowest BCUT2D eigenvalue weighted by Crippen LogP contribution is -2.40. The number of hydrazine groups is 2. The summed E-state index contributed by atoms with van der Waals surface area (Å²) in [5, 5.41) is 21.9. The van der Waals surface area contributed by atoms with Crippen LogP contribution in [0.2, 0.25) is 0 Å². The Kier molecular flexibility index (Phi) is 5.03. The van der Waals surface area contributed by atoms with Crippen LogP contribution < -0.4 is 11.1 Å². The molecular weight excluding hydrogens is 446 g/mol. The van der Waals surface area contributed by atoms with Crippen molar-refractivity contribution in [1.29, 1.82) is 0 Å². The molecule has 9 nitrogen and oxygen atoms in total. The smallest absolute Gasteiger partial charge is 0.266 e. The van der Waals surface area contributed by atoms with Gasteiger partial charge in [0.1, 0.15) is 5.03 Å².